The number of hydrogen-bond donors (Lipinski definition) is 1. The van der Waals surface area contributed by atoms with Crippen LogP contribution in [0.15, 0.2) is 54.6 Å². The second-order valence-electron chi connectivity index (χ2n) is 5.26. The van der Waals surface area contributed by atoms with Crippen LogP contribution in [0, 0.1) is 6.92 Å². The number of ether oxygens (including phenoxy) is 1. The van der Waals surface area contributed by atoms with Gasteiger partial charge in [0.2, 0.25) is 5.91 Å². The Morgan fingerprint density at radius 3 is 2.38 bits per heavy atom. The summed E-state index contributed by atoms with van der Waals surface area (Å²) in [4.78, 5) is 24.3. The van der Waals surface area contributed by atoms with E-state index >= 15 is 0 Å². The van der Waals surface area contributed by atoms with Crippen LogP contribution in [0.25, 0.3) is 0 Å². The molecule has 1 atom stereocenters. The Hall–Kier alpha value is -2.27. The summed E-state index contributed by atoms with van der Waals surface area (Å²) in [5.41, 5.74) is 2.73. The number of benzene rings is 2. The summed E-state index contributed by atoms with van der Waals surface area (Å²) in [5.74, 6) is -0.333. The third-order valence-electron chi connectivity index (χ3n) is 3.33. The number of hydrogen-bond acceptors (Lipinski definition) is 4. The smallest absolute Gasteiger partial charge is 0.315 e. The van der Waals surface area contributed by atoms with Gasteiger partial charge in [-0.15, -0.1) is 11.8 Å². The average Bonchev–Trinajstić information content (AvgIpc) is 2.58. The Morgan fingerprint density at radius 1 is 1.08 bits per heavy atom. The van der Waals surface area contributed by atoms with Crippen LogP contribution in [-0.2, 0) is 14.3 Å². The van der Waals surface area contributed by atoms with Crippen molar-refractivity contribution in [1.82, 2.24) is 0 Å². The highest BCUT2D eigenvalue weighted by Crippen LogP contribution is 2.30. The Labute approximate surface area is 146 Å². The lowest BCUT2D eigenvalue weighted by molar-refractivity contribution is -0.139. The number of anilines is 1. The first kappa shape index (κ1) is 18.1. The Morgan fingerprint density at radius 2 is 1.75 bits per heavy atom. The number of carbonyl (C=O) groups excluding carboxylic acids is 2. The molecule has 2 aromatic carbocycles. The molecule has 0 saturated heterocycles. The molecule has 1 amide bonds. The molecule has 0 aliphatic rings. The van der Waals surface area contributed by atoms with Crippen LogP contribution in [0.2, 0.25) is 0 Å². The summed E-state index contributed by atoms with van der Waals surface area (Å²) in [6.45, 7) is 4.10. The molecule has 1 N–H and O–H groups in total. The van der Waals surface area contributed by atoms with Crippen LogP contribution in [0.4, 0.5) is 5.69 Å². The third-order valence-corrected chi connectivity index (χ3v) is 4.55. The minimum absolute atomic E-state index is 0.134. The number of carbonyl (C=O) groups is 2. The quantitative estimate of drug-likeness (QED) is 0.773. The summed E-state index contributed by atoms with van der Waals surface area (Å²) in [6.07, 6.45) is 0. The van der Waals surface area contributed by atoms with E-state index in [-0.39, 0.29) is 17.6 Å². The van der Waals surface area contributed by atoms with Crippen molar-refractivity contribution in [1.29, 1.82) is 0 Å². The zero-order valence-electron chi connectivity index (χ0n) is 13.8. The van der Waals surface area contributed by atoms with Gasteiger partial charge < -0.3 is 10.1 Å². The van der Waals surface area contributed by atoms with Gasteiger partial charge in [-0.1, -0.05) is 48.0 Å². The maximum Gasteiger partial charge on any atom is 0.315 e. The molecule has 0 aromatic heterocycles. The predicted molar refractivity (Wildman–Crippen MR) is 98.1 cm³/mol. The minimum Gasteiger partial charge on any atom is -0.465 e. The second-order valence-corrected chi connectivity index (χ2v) is 6.36. The molecule has 2 rings (SSSR count). The van der Waals surface area contributed by atoms with E-state index in [2.05, 4.69) is 5.32 Å². The Balaban J connectivity index is 2.10. The monoisotopic (exact) mass is 343 g/mol. The van der Waals surface area contributed by atoms with Gasteiger partial charge in [0.15, 0.2) is 0 Å². The molecule has 2 aromatic rings. The SMILES string of the molecule is CCOC(=O)CS[C@@H](C(=O)Nc1ccc(C)cc1)c1ccccc1. The first-order chi connectivity index (χ1) is 11.6. The highest BCUT2D eigenvalue weighted by molar-refractivity contribution is 8.00. The molecule has 0 radical (unpaired) electrons. The van der Waals surface area contributed by atoms with Crippen LogP contribution in [0.1, 0.15) is 23.3 Å². The summed E-state index contributed by atoms with van der Waals surface area (Å²) in [6, 6.07) is 17.1. The molecule has 0 aliphatic heterocycles. The standard InChI is InChI=1S/C19H21NO3S/c1-3-23-17(21)13-24-18(15-7-5-4-6-8-15)19(22)20-16-11-9-14(2)10-12-16/h4-12,18H,3,13H2,1-2H3,(H,20,22)/t18-/m1/s1. The van der Waals surface area contributed by atoms with Gasteiger partial charge in [0.05, 0.1) is 12.4 Å². The van der Waals surface area contributed by atoms with Crippen molar-refractivity contribution in [3.05, 3.63) is 65.7 Å². The van der Waals surface area contributed by atoms with Crippen molar-refractivity contribution < 1.29 is 14.3 Å². The molecule has 0 unspecified atom stereocenters. The van der Waals surface area contributed by atoms with Crippen LogP contribution in [0.5, 0.6) is 0 Å². The van der Waals surface area contributed by atoms with Crippen LogP contribution < -0.4 is 5.32 Å². The van der Waals surface area contributed by atoms with Gasteiger partial charge in [-0.3, -0.25) is 9.59 Å². The van der Waals surface area contributed by atoms with Gasteiger partial charge in [-0.05, 0) is 31.5 Å². The molecule has 0 heterocycles. The molecule has 126 valence electrons. The number of esters is 1. The highest BCUT2D eigenvalue weighted by Gasteiger charge is 2.22. The van der Waals surface area contributed by atoms with Gasteiger partial charge >= 0.3 is 5.97 Å². The predicted octanol–water partition coefficient (Wildman–Crippen LogP) is 3.97. The van der Waals surface area contributed by atoms with Crippen molar-refractivity contribution in [2.24, 2.45) is 0 Å². The summed E-state index contributed by atoms with van der Waals surface area (Å²) >= 11 is 1.27. The molecule has 24 heavy (non-hydrogen) atoms. The van der Waals surface area contributed by atoms with Crippen LogP contribution in [0.3, 0.4) is 0 Å². The maximum absolute atomic E-state index is 12.7. The minimum atomic E-state index is -0.475. The molecule has 0 saturated carbocycles. The number of rotatable bonds is 7. The fourth-order valence-corrected chi connectivity index (χ4v) is 3.10. The van der Waals surface area contributed by atoms with Crippen molar-refractivity contribution in [2.75, 3.05) is 17.7 Å². The van der Waals surface area contributed by atoms with E-state index < -0.39 is 5.25 Å². The first-order valence-corrected chi connectivity index (χ1v) is 8.84. The Kier molecular flexibility index (Phi) is 6.88. The normalized spacial score (nSPS) is 11.6. The van der Waals surface area contributed by atoms with Crippen molar-refractivity contribution in [3.63, 3.8) is 0 Å². The third kappa shape index (κ3) is 5.42. The molecular formula is C19H21NO3S. The van der Waals surface area contributed by atoms with Crippen molar-refractivity contribution >= 4 is 29.3 Å². The zero-order chi connectivity index (χ0) is 17.4. The second kappa shape index (κ2) is 9.13. The number of thioether (sulfide) groups is 1. The van der Waals surface area contributed by atoms with Gasteiger partial charge in [-0.2, -0.15) is 0 Å². The van der Waals surface area contributed by atoms with Gasteiger partial charge in [-0.25, -0.2) is 0 Å². The highest BCUT2D eigenvalue weighted by atomic mass is 32.2. The molecule has 0 fully saturated rings. The summed E-state index contributed by atoms with van der Waals surface area (Å²) in [5, 5.41) is 2.44. The van der Waals surface area contributed by atoms with E-state index in [9.17, 15) is 9.59 Å². The van der Waals surface area contributed by atoms with Gasteiger partial charge in [0.1, 0.15) is 5.25 Å². The number of nitrogens with one attached hydrogen (secondary N) is 1. The van der Waals surface area contributed by atoms with Crippen molar-refractivity contribution in [2.45, 2.75) is 19.1 Å². The first-order valence-electron chi connectivity index (χ1n) is 7.80. The molecule has 0 spiro atoms. The van der Waals surface area contributed by atoms with E-state index in [1.165, 1.54) is 11.8 Å². The largest absolute Gasteiger partial charge is 0.465 e. The maximum atomic E-state index is 12.7. The van der Waals surface area contributed by atoms with E-state index in [0.29, 0.717) is 6.61 Å². The molecule has 4 nitrogen and oxygen atoms in total. The Bertz CT molecular complexity index is 671. The fraction of sp³-hybridized carbons (Fsp3) is 0.263. The van der Waals surface area contributed by atoms with Crippen LogP contribution in [-0.4, -0.2) is 24.2 Å². The average molecular weight is 343 g/mol. The summed E-state index contributed by atoms with van der Waals surface area (Å²) < 4.78 is 4.95. The van der Waals surface area contributed by atoms with E-state index in [1.807, 2.05) is 61.5 Å². The molecular weight excluding hydrogens is 322 g/mol. The van der Waals surface area contributed by atoms with Crippen LogP contribution >= 0.6 is 11.8 Å². The van der Waals surface area contributed by atoms with Gasteiger partial charge in [0, 0.05) is 5.69 Å². The lowest BCUT2D eigenvalue weighted by Gasteiger charge is -2.17. The lowest BCUT2D eigenvalue weighted by Crippen LogP contribution is -2.20. The zero-order valence-corrected chi connectivity index (χ0v) is 14.6. The van der Waals surface area contributed by atoms with E-state index in [0.717, 1.165) is 16.8 Å². The topological polar surface area (TPSA) is 55.4 Å². The van der Waals surface area contributed by atoms with E-state index in [1.54, 1.807) is 6.92 Å². The molecule has 5 heteroatoms. The number of amides is 1. The fourth-order valence-electron chi connectivity index (χ4n) is 2.15. The van der Waals surface area contributed by atoms with Gasteiger partial charge in [0.25, 0.3) is 0 Å². The van der Waals surface area contributed by atoms with E-state index in [4.69, 9.17) is 4.74 Å². The number of aryl methyl sites for hydroxylation is 1. The van der Waals surface area contributed by atoms with Crippen molar-refractivity contribution in [3.8, 4) is 0 Å². The molecule has 0 aliphatic carbocycles. The molecule has 0 bridgehead atoms. The summed E-state index contributed by atoms with van der Waals surface area (Å²) in [7, 11) is 0. The lowest BCUT2D eigenvalue weighted by atomic mass is 10.1.